The van der Waals surface area contributed by atoms with E-state index in [4.69, 9.17) is 16.3 Å². The zero-order valence-electron chi connectivity index (χ0n) is 19.8. The number of amides is 1. The van der Waals surface area contributed by atoms with Crippen LogP contribution in [-0.2, 0) is 9.53 Å². The topological polar surface area (TPSA) is 106 Å². The van der Waals surface area contributed by atoms with Crippen LogP contribution in [0.3, 0.4) is 0 Å². The van der Waals surface area contributed by atoms with Gasteiger partial charge in [0.25, 0.3) is 0 Å². The Labute approximate surface area is 217 Å². The van der Waals surface area contributed by atoms with Crippen LogP contribution in [0.25, 0.3) is 17.1 Å². The molecule has 0 radical (unpaired) electrons. The number of ether oxygens (including phenoxy) is 1. The molecule has 0 spiro atoms. The second-order valence-electron chi connectivity index (χ2n) is 7.97. The van der Waals surface area contributed by atoms with E-state index >= 15 is 0 Å². The predicted molar refractivity (Wildman–Crippen MR) is 140 cm³/mol. The number of nitrogens with one attached hydrogen (secondary N) is 1. The molecule has 36 heavy (non-hydrogen) atoms. The zero-order chi connectivity index (χ0) is 25.8. The van der Waals surface area contributed by atoms with Gasteiger partial charge in [-0.05, 0) is 55.8 Å². The summed E-state index contributed by atoms with van der Waals surface area (Å²) in [4.78, 5) is 24.6. The Kier molecular flexibility index (Phi) is 7.61. The van der Waals surface area contributed by atoms with Crippen molar-refractivity contribution in [1.82, 2.24) is 14.8 Å². The van der Waals surface area contributed by atoms with Crippen LogP contribution in [0.5, 0.6) is 5.75 Å². The number of anilines is 1. The van der Waals surface area contributed by atoms with Crippen LogP contribution in [-0.4, -0.2) is 44.6 Å². The highest BCUT2D eigenvalue weighted by Crippen LogP contribution is 2.34. The van der Waals surface area contributed by atoms with Crippen LogP contribution >= 0.6 is 23.4 Å². The van der Waals surface area contributed by atoms with Crippen LogP contribution in [0.1, 0.15) is 21.5 Å². The number of carbonyl (C=O) groups is 2. The van der Waals surface area contributed by atoms with Gasteiger partial charge in [0.15, 0.2) is 11.0 Å². The van der Waals surface area contributed by atoms with Crippen molar-refractivity contribution >= 4 is 40.9 Å². The summed E-state index contributed by atoms with van der Waals surface area (Å²) in [5.74, 6) is -0.334. The van der Waals surface area contributed by atoms with Gasteiger partial charge in [0.05, 0.1) is 34.7 Å². The lowest BCUT2D eigenvalue weighted by Crippen LogP contribution is -2.15. The van der Waals surface area contributed by atoms with Crippen molar-refractivity contribution in [1.29, 1.82) is 0 Å². The van der Waals surface area contributed by atoms with E-state index in [1.165, 1.54) is 31.0 Å². The second-order valence-corrected chi connectivity index (χ2v) is 9.32. The number of benzene rings is 3. The molecular weight excluding hydrogens is 500 g/mol. The molecule has 4 rings (SSSR count). The number of phenols is 1. The molecule has 0 aliphatic rings. The summed E-state index contributed by atoms with van der Waals surface area (Å²) in [6.45, 7) is 3.99. The number of hydrogen-bond acceptors (Lipinski definition) is 7. The minimum Gasteiger partial charge on any atom is -0.507 e. The van der Waals surface area contributed by atoms with E-state index in [0.717, 1.165) is 16.8 Å². The molecule has 1 heterocycles. The number of rotatable bonds is 7. The normalized spacial score (nSPS) is 10.8. The van der Waals surface area contributed by atoms with Gasteiger partial charge in [0, 0.05) is 5.69 Å². The van der Waals surface area contributed by atoms with Crippen molar-refractivity contribution in [2.24, 2.45) is 0 Å². The van der Waals surface area contributed by atoms with E-state index in [1.807, 2.05) is 42.7 Å². The highest BCUT2D eigenvalue weighted by Gasteiger charge is 2.21. The first-order valence-electron chi connectivity index (χ1n) is 10.9. The minimum atomic E-state index is -0.594. The summed E-state index contributed by atoms with van der Waals surface area (Å²) in [7, 11) is 1.26. The second kappa shape index (κ2) is 10.8. The Balaban J connectivity index is 1.61. The van der Waals surface area contributed by atoms with Gasteiger partial charge in [-0.3, -0.25) is 9.36 Å². The lowest BCUT2D eigenvalue weighted by molar-refractivity contribution is -0.113. The maximum Gasteiger partial charge on any atom is 0.339 e. The van der Waals surface area contributed by atoms with Gasteiger partial charge < -0.3 is 15.2 Å². The predicted octanol–water partition coefficient (Wildman–Crippen LogP) is 5.43. The molecule has 4 aromatic rings. The van der Waals surface area contributed by atoms with Gasteiger partial charge >= 0.3 is 5.97 Å². The molecule has 0 saturated carbocycles. The lowest BCUT2D eigenvalue weighted by Gasteiger charge is -2.14. The van der Waals surface area contributed by atoms with E-state index in [0.29, 0.717) is 22.2 Å². The molecule has 10 heteroatoms. The Morgan fingerprint density at radius 2 is 1.86 bits per heavy atom. The van der Waals surface area contributed by atoms with Crippen molar-refractivity contribution in [3.05, 3.63) is 82.4 Å². The van der Waals surface area contributed by atoms with Crippen molar-refractivity contribution in [3.63, 3.8) is 0 Å². The first-order chi connectivity index (χ1) is 17.3. The third kappa shape index (κ3) is 5.37. The van der Waals surface area contributed by atoms with Crippen molar-refractivity contribution < 1.29 is 19.4 Å². The highest BCUT2D eigenvalue weighted by molar-refractivity contribution is 7.99. The number of carbonyl (C=O) groups excluding carboxylic acids is 2. The molecule has 0 saturated heterocycles. The van der Waals surface area contributed by atoms with E-state index in [1.54, 1.807) is 24.3 Å². The first-order valence-corrected chi connectivity index (χ1v) is 12.3. The highest BCUT2D eigenvalue weighted by atomic mass is 35.5. The molecule has 8 nitrogen and oxygen atoms in total. The molecule has 0 aliphatic heterocycles. The molecule has 1 aromatic heterocycles. The van der Waals surface area contributed by atoms with Gasteiger partial charge in [0.1, 0.15) is 5.75 Å². The van der Waals surface area contributed by atoms with Gasteiger partial charge in [-0.2, -0.15) is 0 Å². The van der Waals surface area contributed by atoms with Gasteiger partial charge in [-0.15, -0.1) is 10.2 Å². The molecule has 0 atom stereocenters. The summed E-state index contributed by atoms with van der Waals surface area (Å²) in [6, 6.07) is 17.5. The molecule has 3 aromatic carbocycles. The Morgan fingerprint density at radius 3 is 2.58 bits per heavy atom. The maximum atomic E-state index is 12.7. The van der Waals surface area contributed by atoms with Crippen LogP contribution in [0.2, 0.25) is 5.02 Å². The summed E-state index contributed by atoms with van der Waals surface area (Å²) in [5, 5.41) is 22.6. The summed E-state index contributed by atoms with van der Waals surface area (Å²) in [6.07, 6.45) is 0. The summed E-state index contributed by atoms with van der Waals surface area (Å²) in [5.41, 5.74) is 4.04. The number of phenolic OH excluding ortho intramolecular Hbond substituents is 1. The van der Waals surface area contributed by atoms with E-state index in [9.17, 15) is 14.7 Å². The molecule has 0 fully saturated rings. The molecule has 184 valence electrons. The van der Waals surface area contributed by atoms with E-state index in [-0.39, 0.29) is 28.0 Å². The van der Waals surface area contributed by atoms with Crippen LogP contribution in [0.15, 0.2) is 65.8 Å². The van der Waals surface area contributed by atoms with Crippen molar-refractivity contribution in [3.8, 4) is 22.8 Å². The fourth-order valence-corrected chi connectivity index (χ4v) is 4.61. The number of halogens is 1. The average Bonchev–Trinajstić information content (AvgIpc) is 3.27. The smallest absolute Gasteiger partial charge is 0.339 e. The standard InChI is InChI=1S/C26H23ClN4O4S/c1-15-8-11-21(16(2)12-15)31-24(18-6-4-5-7-22(18)32)29-30-26(31)36-14-23(33)28-17-9-10-20(27)19(13-17)25(34)35-3/h4-13,32H,14H2,1-3H3,(H,28,33). The molecule has 2 N–H and O–H groups in total. The Hall–Kier alpha value is -3.82. The van der Waals surface area contributed by atoms with Gasteiger partial charge in [-0.1, -0.05) is 53.2 Å². The fraction of sp³-hybridized carbons (Fsp3) is 0.154. The van der Waals surface area contributed by atoms with E-state index in [2.05, 4.69) is 15.5 Å². The third-order valence-electron chi connectivity index (χ3n) is 5.36. The number of aromatic nitrogens is 3. The van der Waals surface area contributed by atoms with Crippen molar-refractivity contribution in [2.45, 2.75) is 19.0 Å². The van der Waals surface area contributed by atoms with Crippen LogP contribution in [0, 0.1) is 13.8 Å². The summed E-state index contributed by atoms with van der Waals surface area (Å²) < 4.78 is 6.56. The van der Waals surface area contributed by atoms with Crippen LogP contribution in [0.4, 0.5) is 5.69 Å². The molecule has 0 aliphatic carbocycles. The van der Waals surface area contributed by atoms with Gasteiger partial charge in [-0.25, -0.2) is 4.79 Å². The molecule has 0 unspecified atom stereocenters. The first kappa shape index (κ1) is 25.3. The molecule has 1 amide bonds. The summed E-state index contributed by atoms with van der Waals surface area (Å²) >= 11 is 7.26. The fourth-order valence-electron chi connectivity index (χ4n) is 3.67. The number of methoxy groups -OCH3 is 1. The maximum absolute atomic E-state index is 12.7. The van der Waals surface area contributed by atoms with Crippen LogP contribution < -0.4 is 5.32 Å². The number of nitrogens with zero attached hydrogens (tertiary/aromatic N) is 3. The zero-order valence-corrected chi connectivity index (χ0v) is 21.4. The Morgan fingerprint density at radius 1 is 1.08 bits per heavy atom. The minimum absolute atomic E-state index is 0.0278. The quantitative estimate of drug-likeness (QED) is 0.246. The van der Waals surface area contributed by atoms with Crippen molar-refractivity contribution in [2.75, 3.05) is 18.2 Å². The molecule has 0 bridgehead atoms. The largest absolute Gasteiger partial charge is 0.507 e. The number of esters is 1. The number of para-hydroxylation sites is 1. The lowest BCUT2D eigenvalue weighted by atomic mass is 10.1. The van der Waals surface area contributed by atoms with Gasteiger partial charge in [0.2, 0.25) is 5.91 Å². The monoisotopic (exact) mass is 522 g/mol. The number of thioether (sulfide) groups is 1. The Bertz CT molecular complexity index is 1450. The number of hydrogen-bond donors (Lipinski definition) is 2. The SMILES string of the molecule is COC(=O)c1cc(NC(=O)CSc2nnc(-c3ccccc3O)n2-c2ccc(C)cc2C)ccc1Cl. The number of aromatic hydroxyl groups is 1. The number of aryl methyl sites for hydroxylation is 2. The average molecular weight is 523 g/mol. The molecular formula is C26H23ClN4O4S. The third-order valence-corrected chi connectivity index (χ3v) is 6.62. The van der Waals surface area contributed by atoms with E-state index < -0.39 is 5.97 Å².